The van der Waals surface area contributed by atoms with E-state index in [0.717, 1.165) is 55.9 Å². The summed E-state index contributed by atoms with van der Waals surface area (Å²) < 4.78 is 45.7. The molecule has 0 radical (unpaired) electrons. The fraction of sp³-hybridized carbons (Fsp3) is 0.500. The first-order valence-electron chi connectivity index (χ1n) is 16.7. The summed E-state index contributed by atoms with van der Waals surface area (Å²) in [7, 11) is 1.58. The van der Waals surface area contributed by atoms with Gasteiger partial charge in [0.2, 0.25) is 11.8 Å². The summed E-state index contributed by atoms with van der Waals surface area (Å²) in [5, 5.41) is 9.68. The first-order chi connectivity index (χ1) is 23.8. The maximum absolute atomic E-state index is 13.7. The number of halogens is 4. The molecule has 4 atom stereocenters. The van der Waals surface area contributed by atoms with E-state index in [2.05, 4.69) is 26.1 Å². The highest BCUT2D eigenvalue weighted by molar-refractivity contribution is 7.99. The minimum Gasteiger partial charge on any atom is -0.383 e. The summed E-state index contributed by atoms with van der Waals surface area (Å²) in [5.41, 5.74) is 4.83. The maximum Gasteiger partial charge on any atom is 0.397 e. The summed E-state index contributed by atoms with van der Waals surface area (Å²) in [5.74, 6) is -2.21. The number of rotatable bonds is 14. The van der Waals surface area contributed by atoms with E-state index in [1.165, 1.54) is 19.1 Å². The van der Waals surface area contributed by atoms with Crippen molar-refractivity contribution in [2.75, 3.05) is 55.1 Å². The van der Waals surface area contributed by atoms with Gasteiger partial charge in [0.15, 0.2) is 0 Å². The molecule has 3 aliphatic rings. The fourth-order valence-corrected chi connectivity index (χ4v) is 7.03. The van der Waals surface area contributed by atoms with Gasteiger partial charge in [-0.15, -0.1) is 11.6 Å². The Morgan fingerprint density at radius 1 is 1.16 bits per heavy atom. The SMILES string of the molecule is COCCNC(=O)CCSCC1=CC(C(=O)Nc2ccc(N3CCCCC3)cc2C(=O)N/N=C/C2=CC(C(F)(F)F)C(C)(Cl)C=C2)C(C)C=C1. The van der Waals surface area contributed by atoms with Crippen LogP contribution in [0.4, 0.5) is 24.5 Å². The molecule has 0 aromatic heterocycles. The second-order valence-corrected chi connectivity index (χ2v) is 14.7. The van der Waals surface area contributed by atoms with Crippen LogP contribution in [0, 0.1) is 17.8 Å². The van der Waals surface area contributed by atoms with Crippen LogP contribution in [0.15, 0.2) is 70.9 Å². The summed E-state index contributed by atoms with van der Waals surface area (Å²) >= 11 is 7.69. The number of amides is 3. The quantitative estimate of drug-likeness (QED) is 0.0856. The van der Waals surface area contributed by atoms with Gasteiger partial charge in [-0.25, -0.2) is 5.43 Å². The van der Waals surface area contributed by atoms with Crippen molar-refractivity contribution in [2.24, 2.45) is 22.9 Å². The van der Waals surface area contributed by atoms with Gasteiger partial charge in [0.1, 0.15) is 0 Å². The zero-order valence-corrected chi connectivity index (χ0v) is 30.1. The average Bonchev–Trinajstić information content (AvgIpc) is 3.08. The molecule has 272 valence electrons. The monoisotopic (exact) mass is 735 g/mol. The van der Waals surface area contributed by atoms with Crippen molar-refractivity contribution < 1.29 is 32.3 Å². The van der Waals surface area contributed by atoms with E-state index in [1.54, 1.807) is 31.0 Å². The summed E-state index contributed by atoms with van der Waals surface area (Å²) in [6.07, 6.45) is 9.68. The molecule has 1 aromatic carbocycles. The molecular weight excluding hydrogens is 691 g/mol. The van der Waals surface area contributed by atoms with Gasteiger partial charge in [0, 0.05) is 50.4 Å². The number of hydrogen-bond donors (Lipinski definition) is 3. The number of thioether (sulfide) groups is 1. The maximum atomic E-state index is 13.7. The molecule has 4 rings (SSSR count). The first-order valence-corrected chi connectivity index (χ1v) is 18.2. The third-order valence-corrected chi connectivity index (χ3v) is 10.2. The van der Waals surface area contributed by atoms with E-state index in [9.17, 15) is 27.6 Å². The van der Waals surface area contributed by atoms with Crippen LogP contribution < -0.4 is 21.0 Å². The second kappa shape index (κ2) is 18.1. The van der Waals surface area contributed by atoms with Crippen LogP contribution in [-0.2, 0) is 14.3 Å². The molecule has 1 saturated heterocycles. The van der Waals surface area contributed by atoms with Crippen LogP contribution in [0.3, 0.4) is 0 Å². The molecule has 1 aliphatic heterocycles. The van der Waals surface area contributed by atoms with Gasteiger partial charge in [-0.2, -0.15) is 30.0 Å². The first kappa shape index (κ1) is 39.2. The third-order valence-electron chi connectivity index (χ3n) is 8.78. The Bertz CT molecular complexity index is 1540. The predicted octanol–water partition coefficient (Wildman–Crippen LogP) is 6.64. The molecule has 14 heteroatoms. The fourth-order valence-electron chi connectivity index (χ4n) is 5.87. The molecule has 3 N–H and O–H groups in total. The molecule has 1 aromatic rings. The number of carbonyl (C=O) groups is 3. The average molecular weight is 736 g/mol. The number of hydrogen-bond acceptors (Lipinski definition) is 7. The minimum absolute atomic E-state index is 0.0395. The summed E-state index contributed by atoms with van der Waals surface area (Å²) in [6, 6.07) is 5.27. The molecule has 9 nitrogen and oxygen atoms in total. The van der Waals surface area contributed by atoms with Crippen LogP contribution in [0.2, 0.25) is 0 Å². The van der Waals surface area contributed by atoms with E-state index < -0.39 is 28.8 Å². The van der Waals surface area contributed by atoms with Crippen molar-refractivity contribution in [3.8, 4) is 0 Å². The Kier molecular flexibility index (Phi) is 14.2. The van der Waals surface area contributed by atoms with Gasteiger partial charge in [-0.1, -0.05) is 43.4 Å². The van der Waals surface area contributed by atoms with E-state index in [1.807, 2.05) is 31.2 Å². The van der Waals surface area contributed by atoms with Crippen LogP contribution in [-0.4, -0.2) is 79.8 Å². The van der Waals surface area contributed by atoms with Crippen LogP contribution in [0.1, 0.15) is 49.9 Å². The molecule has 1 heterocycles. The minimum atomic E-state index is -4.56. The van der Waals surface area contributed by atoms with Crippen molar-refractivity contribution >= 4 is 58.7 Å². The van der Waals surface area contributed by atoms with Crippen LogP contribution >= 0.6 is 23.4 Å². The van der Waals surface area contributed by atoms with E-state index in [-0.39, 0.29) is 28.9 Å². The lowest BCUT2D eigenvalue weighted by Gasteiger charge is -2.31. The van der Waals surface area contributed by atoms with Crippen LogP contribution in [0.25, 0.3) is 0 Å². The van der Waals surface area contributed by atoms with E-state index in [4.69, 9.17) is 16.3 Å². The van der Waals surface area contributed by atoms with Gasteiger partial charge < -0.3 is 20.3 Å². The van der Waals surface area contributed by atoms with Gasteiger partial charge in [-0.3, -0.25) is 14.4 Å². The van der Waals surface area contributed by atoms with Crippen molar-refractivity contribution in [3.05, 3.63) is 71.4 Å². The number of allylic oxidation sites excluding steroid dienone is 6. The smallest absolute Gasteiger partial charge is 0.383 e. The predicted molar refractivity (Wildman–Crippen MR) is 195 cm³/mol. The Morgan fingerprint density at radius 2 is 1.92 bits per heavy atom. The topological polar surface area (TPSA) is 112 Å². The number of nitrogens with zero attached hydrogens (tertiary/aromatic N) is 2. The number of piperidine rings is 1. The highest BCUT2D eigenvalue weighted by Gasteiger charge is 2.49. The number of nitrogens with one attached hydrogen (secondary N) is 3. The van der Waals surface area contributed by atoms with Gasteiger partial charge in [0.25, 0.3) is 5.91 Å². The second-order valence-electron chi connectivity index (χ2n) is 12.8. The summed E-state index contributed by atoms with van der Waals surface area (Å²) in [6.45, 7) is 5.83. The molecule has 3 amide bonds. The zero-order valence-electron chi connectivity index (χ0n) is 28.5. The number of alkyl halides is 4. The van der Waals surface area contributed by atoms with Gasteiger partial charge >= 0.3 is 6.18 Å². The lowest BCUT2D eigenvalue weighted by molar-refractivity contribution is -0.166. The molecule has 0 saturated carbocycles. The van der Waals surface area contributed by atoms with Crippen LogP contribution in [0.5, 0.6) is 0 Å². The lowest BCUT2D eigenvalue weighted by atomic mass is 9.86. The molecule has 2 aliphatic carbocycles. The molecule has 0 spiro atoms. The largest absolute Gasteiger partial charge is 0.397 e. The highest BCUT2D eigenvalue weighted by Crippen LogP contribution is 2.43. The van der Waals surface area contributed by atoms with Crippen molar-refractivity contribution in [1.29, 1.82) is 0 Å². The Balaban J connectivity index is 1.46. The lowest BCUT2D eigenvalue weighted by Crippen LogP contribution is -2.38. The molecule has 50 heavy (non-hydrogen) atoms. The number of ether oxygens (including phenoxy) is 1. The Labute approximate surface area is 300 Å². The number of benzene rings is 1. The zero-order chi connectivity index (χ0) is 36.3. The van der Waals surface area contributed by atoms with Gasteiger partial charge in [-0.05, 0) is 61.4 Å². The Hall–Kier alpha value is -3.55. The standard InChI is InChI=1S/C36H45ClF3N5O4S/c1-24-7-8-26(23-50-18-12-32(46)41-14-17-49-3)19-28(24)33(47)43-30-10-9-27(45-15-5-4-6-16-45)21-29(30)34(48)44-42-22-25-11-13-35(2,37)31(20-25)36(38,39)40/h7-11,13,19-22,24,28,31H,4-6,12,14-18,23H2,1-3H3,(H,41,46)(H,43,47)(H,44,48)/b42-22+. The number of anilines is 2. The third kappa shape index (κ3) is 11.2. The number of carbonyl (C=O) groups excluding carboxylic acids is 3. The molecule has 0 bridgehead atoms. The van der Waals surface area contributed by atoms with Crippen molar-refractivity contribution in [2.45, 2.75) is 50.6 Å². The van der Waals surface area contributed by atoms with Crippen molar-refractivity contribution in [3.63, 3.8) is 0 Å². The molecule has 4 unspecified atom stereocenters. The molecule has 1 fully saturated rings. The van der Waals surface area contributed by atoms with Gasteiger partial charge in [0.05, 0.1) is 40.8 Å². The highest BCUT2D eigenvalue weighted by atomic mass is 35.5. The normalized spacial score (nSPS) is 23.7. The van der Waals surface area contributed by atoms with Crippen molar-refractivity contribution in [1.82, 2.24) is 10.7 Å². The molecular formula is C36H45ClF3N5O4S. The Morgan fingerprint density at radius 3 is 2.64 bits per heavy atom. The number of methoxy groups -OCH3 is 1. The van der Waals surface area contributed by atoms with E-state index >= 15 is 0 Å². The summed E-state index contributed by atoms with van der Waals surface area (Å²) in [4.78, 5) is 39.7. The van der Waals surface area contributed by atoms with E-state index in [0.29, 0.717) is 36.8 Å². The number of hydrazone groups is 1.